The largest absolute Gasteiger partial charge is 0.426 e. The molecule has 0 amide bonds. The van der Waals surface area contributed by atoms with Crippen LogP contribution in [-0.4, -0.2) is 29.7 Å². The molecule has 3 atom stereocenters. The molecule has 0 aromatic heterocycles. The van der Waals surface area contributed by atoms with Crippen LogP contribution in [0, 0.1) is 0 Å². The fourth-order valence-corrected chi connectivity index (χ4v) is 5.35. The Morgan fingerprint density at radius 1 is 0.514 bits per heavy atom. The molecule has 10 heteroatoms. The third kappa shape index (κ3) is 8.82. The Morgan fingerprint density at radius 3 is 0.919 bits per heavy atom. The first-order chi connectivity index (χ1) is 17.5. The molecule has 0 spiro atoms. The quantitative estimate of drug-likeness (QED) is 0.0762. The van der Waals surface area contributed by atoms with Crippen LogP contribution in [0.25, 0.3) is 0 Å². The topological polar surface area (TPSA) is 78.9 Å². The SMILES string of the molecule is CC(I)C(=O)Oc1ccc([S+](c2ccc(OC(=O)C(C)I)cc2)c2ccc(OC(=O)C(C)I)cc2)cc1. The fourth-order valence-electron chi connectivity index (χ4n) is 2.93. The summed E-state index contributed by atoms with van der Waals surface area (Å²) in [7, 11) is -0.530. The summed E-state index contributed by atoms with van der Waals surface area (Å²) in [6, 6.07) is 22.3. The summed E-state index contributed by atoms with van der Waals surface area (Å²) in [5.41, 5.74) is 0. The summed E-state index contributed by atoms with van der Waals surface area (Å²) < 4.78 is 15.5. The lowest BCUT2D eigenvalue weighted by atomic mass is 10.3. The molecule has 0 saturated heterocycles. The molecular formula is C27H24I3O6S+. The van der Waals surface area contributed by atoms with Gasteiger partial charge in [0.05, 0.1) is 10.9 Å². The normalized spacial score (nSPS) is 14.1. The molecule has 0 N–H and O–H groups in total. The van der Waals surface area contributed by atoms with Gasteiger partial charge in [0.1, 0.15) is 29.0 Å². The van der Waals surface area contributed by atoms with Gasteiger partial charge in [-0.2, -0.15) is 0 Å². The van der Waals surface area contributed by atoms with E-state index in [2.05, 4.69) is 0 Å². The van der Waals surface area contributed by atoms with Crippen molar-refractivity contribution in [3.8, 4) is 17.2 Å². The summed E-state index contributed by atoms with van der Waals surface area (Å²) in [5, 5.41) is 0. The van der Waals surface area contributed by atoms with Crippen LogP contribution in [0.1, 0.15) is 20.8 Å². The van der Waals surface area contributed by atoms with Gasteiger partial charge in [-0.1, -0.05) is 67.8 Å². The van der Waals surface area contributed by atoms with Crippen molar-refractivity contribution in [3.63, 3.8) is 0 Å². The first-order valence-electron chi connectivity index (χ1n) is 11.2. The minimum atomic E-state index is -0.530. The molecule has 3 rings (SSSR count). The van der Waals surface area contributed by atoms with Crippen LogP contribution in [0.4, 0.5) is 0 Å². The zero-order valence-electron chi connectivity index (χ0n) is 20.2. The number of carbonyl (C=O) groups excluding carboxylic acids is 3. The Morgan fingerprint density at radius 2 is 0.730 bits per heavy atom. The number of benzene rings is 3. The van der Waals surface area contributed by atoms with Gasteiger partial charge in [-0.3, -0.25) is 14.4 Å². The summed E-state index contributed by atoms with van der Waals surface area (Å²) in [6.07, 6.45) is 0. The van der Waals surface area contributed by atoms with Crippen molar-refractivity contribution in [2.24, 2.45) is 0 Å². The van der Waals surface area contributed by atoms with E-state index in [1.807, 2.05) is 104 Å². The zero-order chi connectivity index (χ0) is 27.1. The fraction of sp³-hybridized carbons (Fsp3) is 0.222. The smallest absolute Gasteiger partial charge is 0.323 e. The van der Waals surface area contributed by atoms with Crippen molar-refractivity contribution >= 4 is 96.6 Å². The van der Waals surface area contributed by atoms with Crippen LogP contribution < -0.4 is 14.2 Å². The van der Waals surface area contributed by atoms with E-state index < -0.39 is 10.9 Å². The van der Waals surface area contributed by atoms with E-state index in [9.17, 15) is 14.4 Å². The second-order valence-corrected chi connectivity index (χ2v) is 15.5. The molecule has 3 aromatic carbocycles. The highest BCUT2D eigenvalue weighted by molar-refractivity contribution is 14.1. The molecule has 0 saturated carbocycles. The van der Waals surface area contributed by atoms with E-state index in [1.165, 1.54) is 0 Å². The van der Waals surface area contributed by atoms with Gasteiger partial charge in [-0.05, 0) is 93.6 Å². The van der Waals surface area contributed by atoms with E-state index in [-0.39, 0.29) is 29.7 Å². The van der Waals surface area contributed by atoms with Gasteiger partial charge < -0.3 is 14.2 Å². The summed E-state index contributed by atoms with van der Waals surface area (Å²) in [5.74, 6) is 0.529. The maximum absolute atomic E-state index is 12.0. The van der Waals surface area contributed by atoms with Gasteiger partial charge in [-0.15, -0.1) is 0 Å². The number of esters is 3. The lowest BCUT2D eigenvalue weighted by Crippen LogP contribution is -2.17. The Kier molecular flexibility index (Phi) is 11.5. The van der Waals surface area contributed by atoms with Gasteiger partial charge >= 0.3 is 17.9 Å². The Bertz CT molecular complexity index is 1070. The van der Waals surface area contributed by atoms with Crippen LogP contribution in [0.5, 0.6) is 17.2 Å². The summed E-state index contributed by atoms with van der Waals surface area (Å²) >= 11 is 6.05. The average Bonchev–Trinajstić information content (AvgIpc) is 2.87. The van der Waals surface area contributed by atoms with Gasteiger partial charge in [0.15, 0.2) is 14.7 Å². The molecule has 194 valence electrons. The molecule has 37 heavy (non-hydrogen) atoms. The Labute approximate surface area is 260 Å². The molecule has 0 heterocycles. The van der Waals surface area contributed by atoms with Gasteiger partial charge in [-0.25, -0.2) is 0 Å². The van der Waals surface area contributed by atoms with Crippen molar-refractivity contribution in [3.05, 3.63) is 72.8 Å². The highest BCUT2D eigenvalue weighted by atomic mass is 127. The van der Waals surface area contributed by atoms with Crippen LogP contribution in [-0.2, 0) is 25.3 Å². The third-order valence-electron chi connectivity index (χ3n) is 4.81. The van der Waals surface area contributed by atoms with Crippen molar-refractivity contribution in [2.75, 3.05) is 0 Å². The maximum atomic E-state index is 12.0. The van der Waals surface area contributed by atoms with Crippen molar-refractivity contribution in [1.82, 2.24) is 0 Å². The van der Waals surface area contributed by atoms with Crippen LogP contribution >= 0.6 is 67.8 Å². The molecule has 3 unspecified atom stereocenters. The van der Waals surface area contributed by atoms with Gasteiger partial charge in [0, 0.05) is 0 Å². The standard InChI is InChI=1S/C27H24I3O6S/c1-16(28)25(31)34-19-4-10-22(11-5-19)37(23-12-6-20(7-13-23)35-26(32)17(2)29)24-14-8-21(9-15-24)36-27(33)18(3)30/h4-18H,1-3H3/q+1. The van der Waals surface area contributed by atoms with Crippen LogP contribution in [0.3, 0.4) is 0 Å². The maximum Gasteiger partial charge on any atom is 0.323 e. The number of ether oxygens (including phenoxy) is 3. The number of hydrogen-bond acceptors (Lipinski definition) is 6. The minimum absolute atomic E-state index is 0.252. The van der Waals surface area contributed by atoms with Crippen molar-refractivity contribution in [1.29, 1.82) is 0 Å². The molecule has 0 aliphatic heterocycles. The predicted octanol–water partition coefficient (Wildman–Crippen LogP) is 6.97. The second kappa shape index (κ2) is 14.1. The van der Waals surface area contributed by atoms with E-state index in [4.69, 9.17) is 14.2 Å². The molecule has 0 aliphatic rings. The molecule has 0 aliphatic carbocycles. The monoisotopic (exact) mass is 857 g/mol. The predicted molar refractivity (Wildman–Crippen MR) is 169 cm³/mol. The first-order valence-corrected chi connectivity index (χ1v) is 16.1. The number of carbonyl (C=O) groups is 3. The second-order valence-electron chi connectivity index (χ2n) is 7.83. The van der Waals surface area contributed by atoms with Gasteiger partial charge in [0.2, 0.25) is 0 Å². The highest BCUT2D eigenvalue weighted by Crippen LogP contribution is 2.34. The van der Waals surface area contributed by atoms with Crippen molar-refractivity contribution < 1.29 is 28.6 Å². The molecule has 6 nitrogen and oxygen atoms in total. The molecule has 0 fully saturated rings. The number of alkyl halides is 3. The summed E-state index contributed by atoms with van der Waals surface area (Å²) in [6.45, 7) is 5.33. The Hall–Kier alpha value is -1.39. The lowest BCUT2D eigenvalue weighted by Gasteiger charge is -2.11. The Balaban J connectivity index is 1.93. The van der Waals surface area contributed by atoms with Gasteiger partial charge in [0.25, 0.3) is 0 Å². The van der Waals surface area contributed by atoms with Crippen LogP contribution in [0.15, 0.2) is 87.5 Å². The number of halogens is 3. The average molecular weight is 857 g/mol. The van der Waals surface area contributed by atoms with E-state index in [1.54, 1.807) is 57.2 Å². The number of rotatable bonds is 9. The zero-order valence-corrected chi connectivity index (χ0v) is 27.4. The minimum Gasteiger partial charge on any atom is -0.426 e. The first kappa shape index (κ1) is 30.2. The van der Waals surface area contributed by atoms with E-state index in [0.717, 1.165) is 14.7 Å². The van der Waals surface area contributed by atoms with Crippen LogP contribution in [0.2, 0.25) is 0 Å². The van der Waals surface area contributed by atoms with Crippen molar-refractivity contribution in [2.45, 2.75) is 47.2 Å². The van der Waals surface area contributed by atoms with E-state index in [0.29, 0.717) is 17.2 Å². The highest BCUT2D eigenvalue weighted by Gasteiger charge is 2.29. The molecule has 0 bridgehead atoms. The molecular weight excluding hydrogens is 833 g/mol. The summed E-state index contributed by atoms with van der Waals surface area (Å²) in [4.78, 5) is 38.9. The van der Waals surface area contributed by atoms with E-state index >= 15 is 0 Å². The lowest BCUT2D eigenvalue weighted by molar-refractivity contribution is -0.134. The molecule has 3 aromatic rings. The number of hydrogen-bond donors (Lipinski definition) is 0. The molecule has 0 radical (unpaired) electrons. The third-order valence-corrected chi connectivity index (χ3v) is 8.56.